The van der Waals surface area contributed by atoms with Gasteiger partial charge in [0.15, 0.2) is 6.04 Å². The minimum Gasteiger partial charge on any atom is -0.495 e. The topological polar surface area (TPSA) is 58.6 Å². The average Bonchev–Trinajstić information content (AvgIpc) is 3.49. The molecule has 0 saturated heterocycles. The first-order valence-electron chi connectivity index (χ1n) is 11.4. The van der Waals surface area contributed by atoms with Crippen LogP contribution in [0.2, 0.25) is 0 Å². The summed E-state index contributed by atoms with van der Waals surface area (Å²) in [6.45, 7) is 2.00. The second-order valence-electron chi connectivity index (χ2n) is 8.41. The van der Waals surface area contributed by atoms with Crippen molar-refractivity contribution in [2.24, 2.45) is 0 Å². The van der Waals surface area contributed by atoms with E-state index in [1.165, 1.54) is 17.8 Å². The van der Waals surface area contributed by atoms with Crippen molar-refractivity contribution in [3.8, 4) is 5.75 Å². The van der Waals surface area contributed by atoms with E-state index in [9.17, 15) is 9.59 Å². The van der Waals surface area contributed by atoms with Gasteiger partial charge in [0, 0.05) is 15.8 Å². The average molecular weight is 483 g/mol. The molecule has 1 aliphatic rings. The Morgan fingerprint density at radius 2 is 1.85 bits per heavy atom. The van der Waals surface area contributed by atoms with Crippen molar-refractivity contribution in [3.05, 3.63) is 68.5 Å². The molecular formula is C26H30N2O3S2. The summed E-state index contributed by atoms with van der Waals surface area (Å²) in [6, 6.07) is 12.7. The largest absolute Gasteiger partial charge is 0.495 e. The Kier molecular flexibility index (Phi) is 7.83. The summed E-state index contributed by atoms with van der Waals surface area (Å²) in [5.41, 5.74) is 1.62. The number of para-hydroxylation sites is 2. The molecule has 2 heterocycles. The fourth-order valence-corrected chi connectivity index (χ4v) is 6.15. The van der Waals surface area contributed by atoms with Crippen molar-refractivity contribution >= 4 is 40.2 Å². The van der Waals surface area contributed by atoms with Gasteiger partial charge in [-0.15, -0.1) is 22.7 Å². The molecular weight excluding hydrogens is 452 g/mol. The number of methoxy groups -OCH3 is 1. The Balaban J connectivity index is 1.77. The Morgan fingerprint density at radius 1 is 1.06 bits per heavy atom. The lowest BCUT2D eigenvalue weighted by Gasteiger charge is -2.33. The maximum atomic E-state index is 13.8. The smallest absolute Gasteiger partial charge is 0.248 e. The summed E-state index contributed by atoms with van der Waals surface area (Å²) < 4.78 is 5.62. The molecule has 1 aromatic carbocycles. The van der Waals surface area contributed by atoms with Gasteiger partial charge >= 0.3 is 0 Å². The highest BCUT2D eigenvalue weighted by Crippen LogP contribution is 2.38. The SMILES string of the molecule is COc1ccccc1N(C(=O)Cc1cccs1)[C@@H](C(=O)NC1CCCCC1)c1sccc1C. The first kappa shape index (κ1) is 23.5. The van der Waals surface area contributed by atoms with Crippen LogP contribution in [0.15, 0.2) is 53.2 Å². The van der Waals surface area contributed by atoms with Crippen molar-refractivity contribution in [1.82, 2.24) is 5.32 Å². The Bertz CT molecular complexity index is 1070. The predicted octanol–water partition coefficient (Wildman–Crippen LogP) is 5.89. The van der Waals surface area contributed by atoms with Gasteiger partial charge in [-0.3, -0.25) is 14.5 Å². The van der Waals surface area contributed by atoms with Gasteiger partial charge in [0.2, 0.25) is 11.8 Å². The number of amides is 2. The van der Waals surface area contributed by atoms with Crippen LogP contribution < -0.4 is 15.0 Å². The highest BCUT2D eigenvalue weighted by Gasteiger charge is 2.37. The third-order valence-electron chi connectivity index (χ3n) is 6.13. The van der Waals surface area contributed by atoms with Crippen LogP contribution in [0.5, 0.6) is 5.75 Å². The summed E-state index contributed by atoms with van der Waals surface area (Å²) >= 11 is 3.06. The molecule has 5 nitrogen and oxygen atoms in total. The molecule has 4 rings (SSSR count). The molecule has 0 aliphatic heterocycles. The third kappa shape index (κ3) is 5.47. The van der Waals surface area contributed by atoms with Gasteiger partial charge in [0.05, 0.1) is 19.2 Å². The number of carbonyl (C=O) groups excluding carboxylic acids is 2. The molecule has 0 bridgehead atoms. The Labute approximate surface area is 203 Å². The summed E-state index contributed by atoms with van der Waals surface area (Å²) in [5, 5.41) is 7.22. The van der Waals surface area contributed by atoms with Crippen LogP contribution in [-0.2, 0) is 16.0 Å². The fourth-order valence-electron chi connectivity index (χ4n) is 4.44. The Morgan fingerprint density at radius 3 is 2.52 bits per heavy atom. The van der Waals surface area contributed by atoms with Gasteiger partial charge in [-0.2, -0.15) is 0 Å². The summed E-state index contributed by atoms with van der Waals surface area (Å²) in [7, 11) is 1.59. The maximum absolute atomic E-state index is 13.8. The minimum absolute atomic E-state index is 0.126. The zero-order chi connectivity index (χ0) is 23.2. The molecule has 3 aromatic rings. The molecule has 1 aliphatic carbocycles. The number of aryl methyl sites for hydroxylation is 1. The lowest BCUT2D eigenvalue weighted by atomic mass is 9.95. The predicted molar refractivity (Wildman–Crippen MR) is 135 cm³/mol. The number of ether oxygens (including phenoxy) is 1. The van der Waals surface area contributed by atoms with E-state index in [0.717, 1.165) is 41.0 Å². The van der Waals surface area contributed by atoms with Gasteiger partial charge < -0.3 is 10.1 Å². The molecule has 0 unspecified atom stereocenters. The number of benzene rings is 1. The van der Waals surface area contributed by atoms with Crippen LogP contribution in [0.3, 0.4) is 0 Å². The van der Waals surface area contributed by atoms with Crippen LogP contribution in [0.25, 0.3) is 0 Å². The van der Waals surface area contributed by atoms with Gasteiger partial charge in [0.25, 0.3) is 0 Å². The van der Waals surface area contributed by atoms with Crippen LogP contribution in [-0.4, -0.2) is 25.0 Å². The molecule has 0 radical (unpaired) electrons. The lowest BCUT2D eigenvalue weighted by molar-refractivity contribution is -0.127. The third-order valence-corrected chi connectivity index (χ3v) is 8.07. The van der Waals surface area contributed by atoms with E-state index in [1.807, 2.05) is 60.1 Å². The number of anilines is 1. The van der Waals surface area contributed by atoms with Crippen LogP contribution in [0.1, 0.15) is 53.5 Å². The van der Waals surface area contributed by atoms with Crippen molar-refractivity contribution in [2.75, 3.05) is 12.0 Å². The van der Waals surface area contributed by atoms with Gasteiger partial charge in [-0.05, 0) is 60.4 Å². The van der Waals surface area contributed by atoms with Crippen molar-refractivity contribution in [1.29, 1.82) is 0 Å². The second kappa shape index (κ2) is 11.0. The number of nitrogens with zero attached hydrogens (tertiary/aromatic N) is 1. The normalized spacial score (nSPS) is 15.1. The summed E-state index contributed by atoms with van der Waals surface area (Å²) in [6.07, 6.45) is 5.67. The first-order chi connectivity index (χ1) is 16.1. The highest BCUT2D eigenvalue weighted by atomic mass is 32.1. The fraction of sp³-hybridized carbons (Fsp3) is 0.385. The van der Waals surface area contributed by atoms with Crippen molar-refractivity contribution in [2.45, 2.75) is 57.5 Å². The summed E-state index contributed by atoms with van der Waals surface area (Å²) in [4.78, 5) is 31.2. The number of carbonyl (C=O) groups is 2. The van der Waals surface area contributed by atoms with Crippen LogP contribution >= 0.6 is 22.7 Å². The number of thiophene rings is 2. The van der Waals surface area contributed by atoms with E-state index in [-0.39, 0.29) is 24.3 Å². The molecule has 1 saturated carbocycles. The van der Waals surface area contributed by atoms with Crippen LogP contribution in [0.4, 0.5) is 5.69 Å². The molecule has 174 valence electrons. The zero-order valence-corrected chi connectivity index (χ0v) is 20.7. The van der Waals surface area contributed by atoms with Crippen molar-refractivity contribution in [3.63, 3.8) is 0 Å². The molecule has 0 spiro atoms. The molecule has 1 fully saturated rings. The van der Waals surface area contributed by atoms with Crippen molar-refractivity contribution < 1.29 is 14.3 Å². The lowest BCUT2D eigenvalue weighted by Crippen LogP contribution is -2.47. The van der Waals surface area contributed by atoms with Crippen LogP contribution in [0, 0.1) is 6.92 Å². The number of nitrogens with one attached hydrogen (secondary N) is 1. The number of hydrogen-bond donors (Lipinski definition) is 1. The van der Waals surface area contributed by atoms with Gasteiger partial charge in [-0.25, -0.2) is 0 Å². The van der Waals surface area contributed by atoms with E-state index in [4.69, 9.17) is 4.74 Å². The number of rotatable bonds is 8. The van der Waals surface area contributed by atoms with E-state index in [1.54, 1.807) is 23.3 Å². The first-order valence-corrected chi connectivity index (χ1v) is 13.2. The molecule has 33 heavy (non-hydrogen) atoms. The van der Waals surface area contributed by atoms with E-state index in [2.05, 4.69) is 5.32 Å². The molecule has 1 N–H and O–H groups in total. The molecule has 2 aromatic heterocycles. The van der Waals surface area contributed by atoms with Gasteiger partial charge in [-0.1, -0.05) is 37.5 Å². The van der Waals surface area contributed by atoms with E-state index >= 15 is 0 Å². The summed E-state index contributed by atoms with van der Waals surface area (Å²) in [5.74, 6) is 0.318. The Hall–Kier alpha value is -2.64. The highest BCUT2D eigenvalue weighted by molar-refractivity contribution is 7.10. The monoisotopic (exact) mass is 482 g/mol. The van der Waals surface area contributed by atoms with E-state index < -0.39 is 6.04 Å². The maximum Gasteiger partial charge on any atom is 0.248 e. The van der Waals surface area contributed by atoms with E-state index in [0.29, 0.717) is 11.4 Å². The molecule has 2 amide bonds. The second-order valence-corrected chi connectivity index (χ2v) is 10.4. The quantitative estimate of drug-likeness (QED) is 0.435. The zero-order valence-electron chi connectivity index (χ0n) is 19.1. The molecule has 1 atom stereocenters. The molecule has 7 heteroatoms. The van der Waals surface area contributed by atoms with Gasteiger partial charge in [0.1, 0.15) is 5.75 Å². The minimum atomic E-state index is -0.754. The standard InChI is InChI=1S/C26H30N2O3S2/c1-18-14-16-33-25(18)24(26(30)27-19-9-4-3-5-10-19)28(21-12-6-7-13-22(21)31-2)23(29)17-20-11-8-15-32-20/h6-8,11-16,19,24H,3-5,9-10,17H2,1-2H3,(H,27,30)/t24-/m1/s1. The number of hydrogen-bond acceptors (Lipinski definition) is 5.